The number of hydrogen-bond donors (Lipinski definition) is 2. The van der Waals surface area contributed by atoms with E-state index in [9.17, 15) is 19.5 Å². The third-order valence-electron chi connectivity index (χ3n) is 4.97. The predicted octanol–water partition coefficient (Wildman–Crippen LogP) is 0.973. The molecule has 1 amide bonds. The Kier molecular flexibility index (Phi) is 6.58. The number of ether oxygens (including phenoxy) is 1. The Labute approximate surface area is 144 Å². The Morgan fingerprint density at radius 1 is 1.33 bits per heavy atom. The molecule has 1 saturated carbocycles. The molecule has 2 aliphatic rings. The van der Waals surface area contributed by atoms with Crippen LogP contribution in [0.4, 0.5) is 0 Å². The zero-order chi connectivity index (χ0) is 17.9. The highest BCUT2D eigenvalue weighted by molar-refractivity contribution is 7.19. The molecule has 24 heavy (non-hydrogen) atoms. The summed E-state index contributed by atoms with van der Waals surface area (Å²) in [5, 5.41) is 12.4. The van der Waals surface area contributed by atoms with Gasteiger partial charge < -0.3 is 14.7 Å². The number of carbonyl (C=O) groups is 3. The van der Waals surface area contributed by atoms with E-state index in [2.05, 4.69) is 14.6 Å². The van der Waals surface area contributed by atoms with Gasteiger partial charge in [0.2, 0.25) is 5.91 Å². The van der Waals surface area contributed by atoms with Crippen molar-refractivity contribution in [2.24, 2.45) is 5.92 Å². The molecule has 0 aromatic heterocycles. The van der Waals surface area contributed by atoms with Gasteiger partial charge in [-0.2, -0.15) is 0 Å². The maximum atomic E-state index is 12.9. The molecule has 1 aliphatic carbocycles. The average molecular weight is 358 g/mol. The van der Waals surface area contributed by atoms with Crippen molar-refractivity contribution in [3.8, 4) is 0 Å². The van der Waals surface area contributed by atoms with Gasteiger partial charge in [0.25, 0.3) is 0 Å². The summed E-state index contributed by atoms with van der Waals surface area (Å²) in [5.74, 6) is -2.08. The third kappa shape index (κ3) is 4.06. The number of likely N-dealkylation sites (tertiary alicyclic amines) is 1. The fraction of sp³-hybridized carbons (Fsp3) is 0.812. The van der Waals surface area contributed by atoms with Crippen molar-refractivity contribution >= 4 is 27.1 Å². The van der Waals surface area contributed by atoms with Crippen molar-refractivity contribution < 1.29 is 24.2 Å². The number of nitrogens with zero attached hydrogens (tertiary/aromatic N) is 1. The summed E-state index contributed by atoms with van der Waals surface area (Å²) < 4.78 is 4.91. The second-order valence-corrected chi connectivity index (χ2v) is 7.23. The van der Waals surface area contributed by atoms with Crippen LogP contribution < -0.4 is 5.32 Å². The van der Waals surface area contributed by atoms with Crippen molar-refractivity contribution in [3.05, 3.63) is 0 Å². The number of carbonyl (C=O) groups excluding carboxylic acids is 2. The number of fused-ring (bicyclic) bond motifs is 1. The van der Waals surface area contributed by atoms with Gasteiger partial charge in [-0.3, -0.25) is 10.1 Å². The van der Waals surface area contributed by atoms with Gasteiger partial charge in [-0.15, -0.1) is 9.24 Å². The standard InChI is InChI=1S/C16H27N2O5P/c1-3-23-16(22)13(24)17-9(2)14(19)18-11-7-5-4-6-10(11)8-12(18)15(20)21/h9-13,17H,3-8,24H2,1-2H3,(H,20,21)/t9-,10-,11-,12-,13-/m0/s1. The van der Waals surface area contributed by atoms with E-state index >= 15 is 0 Å². The van der Waals surface area contributed by atoms with Gasteiger partial charge in [-0.1, -0.05) is 12.8 Å². The number of carboxylic acids is 1. The van der Waals surface area contributed by atoms with Crippen LogP contribution in [0.3, 0.4) is 0 Å². The van der Waals surface area contributed by atoms with Crippen molar-refractivity contribution in [1.82, 2.24) is 10.2 Å². The van der Waals surface area contributed by atoms with Gasteiger partial charge in [-0.05, 0) is 39.0 Å². The van der Waals surface area contributed by atoms with Crippen molar-refractivity contribution in [2.75, 3.05) is 6.61 Å². The Morgan fingerprint density at radius 3 is 2.62 bits per heavy atom. The van der Waals surface area contributed by atoms with Crippen LogP contribution in [0.2, 0.25) is 0 Å². The van der Waals surface area contributed by atoms with Gasteiger partial charge in [0.1, 0.15) is 11.8 Å². The van der Waals surface area contributed by atoms with Crippen LogP contribution >= 0.6 is 9.24 Å². The summed E-state index contributed by atoms with van der Waals surface area (Å²) in [7, 11) is 2.32. The minimum Gasteiger partial charge on any atom is -0.480 e. The molecule has 0 aromatic carbocycles. The van der Waals surface area contributed by atoms with Crippen molar-refractivity contribution in [2.45, 2.75) is 69.9 Å². The Morgan fingerprint density at radius 2 is 2.00 bits per heavy atom. The third-order valence-corrected chi connectivity index (χ3v) is 5.43. The van der Waals surface area contributed by atoms with Gasteiger partial charge in [0, 0.05) is 6.04 Å². The molecule has 0 radical (unpaired) electrons. The molecule has 2 N–H and O–H groups in total. The summed E-state index contributed by atoms with van der Waals surface area (Å²) in [6.45, 7) is 3.65. The number of carboxylic acid groups (broad SMARTS) is 1. The number of hydrogen-bond acceptors (Lipinski definition) is 5. The topological polar surface area (TPSA) is 95.9 Å². The zero-order valence-corrected chi connectivity index (χ0v) is 15.4. The smallest absolute Gasteiger partial charge is 0.327 e. The Bertz CT molecular complexity index is 501. The maximum absolute atomic E-state index is 12.9. The first-order chi connectivity index (χ1) is 11.4. The minimum absolute atomic E-state index is 0.00199. The lowest BCUT2D eigenvalue weighted by molar-refractivity contribution is -0.151. The largest absolute Gasteiger partial charge is 0.480 e. The van der Waals surface area contributed by atoms with E-state index in [-0.39, 0.29) is 24.5 Å². The van der Waals surface area contributed by atoms with Crippen molar-refractivity contribution in [3.63, 3.8) is 0 Å². The van der Waals surface area contributed by atoms with E-state index in [0.717, 1.165) is 25.7 Å². The van der Waals surface area contributed by atoms with E-state index in [1.54, 1.807) is 18.7 Å². The summed E-state index contributed by atoms with van der Waals surface area (Å²) in [4.78, 5) is 37.7. The highest BCUT2D eigenvalue weighted by Crippen LogP contribution is 2.40. The minimum atomic E-state index is -0.947. The highest BCUT2D eigenvalue weighted by atomic mass is 31.0. The van der Waals surface area contributed by atoms with E-state index < -0.39 is 29.8 Å². The number of esters is 1. The number of nitrogens with one attached hydrogen (secondary N) is 1. The lowest BCUT2D eigenvalue weighted by Gasteiger charge is -2.35. The van der Waals surface area contributed by atoms with Gasteiger partial charge in [0.05, 0.1) is 12.6 Å². The van der Waals surface area contributed by atoms with Crippen LogP contribution in [0.5, 0.6) is 0 Å². The second kappa shape index (κ2) is 8.26. The van der Waals surface area contributed by atoms with Crippen LogP contribution in [-0.2, 0) is 19.1 Å². The van der Waals surface area contributed by atoms with Gasteiger partial charge in [-0.25, -0.2) is 9.59 Å². The maximum Gasteiger partial charge on any atom is 0.327 e. The lowest BCUT2D eigenvalue weighted by Crippen LogP contribution is -2.54. The number of amides is 1. The molecule has 1 aliphatic heterocycles. The monoisotopic (exact) mass is 358 g/mol. The molecule has 1 heterocycles. The molecule has 0 aromatic rings. The summed E-state index contributed by atoms with van der Waals surface area (Å²) in [6.07, 6.45) is 4.49. The van der Waals surface area contributed by atoms with Crippen LogP contribution in [0.1, 0.15) is 46.0 Å². The molecular weight excluding hydrogens is 331 g/mol. The molecule has 8 heteroatoms. The van der Waals surface area contributed by atoms with Crippen LogP contribution in [0, 0.1) is 5.92 Å². The molecule has 7 nitrogen and oxygen atoms in total. The normalized spacial score (nSPS) is 28.8. The molecule has 6 atom stereocenters. The molecule has 1 unspecified atom stereocenters. The molecule has 0 bridgehead atoms. The predicted molar refractivity (Wildman–Crippen MR) is 91.4 cm³/mol. The number of rotatable bonds is 6. The van der Waals surface area contributed by atoms with E-state index in [4.69, 9.17) is 4.74 Å². The van der Waals surface area contributed by atoms with Gasteiger partial charge in [0.15, 0.2) is 0 Å². The SMILES string of the molecule is CCOC(=O)[C@H](P)N[C@@H](C)C(=O)N1[C@H](C(=O)O)C[C@@H]2CCCC[C@@H]21. The van der Waals surface area contributed by atoms with Crippen LogP contribution in [0.15, 0.2) is 0 Å². The first kappa shape index (κ1) is 19.1. The van der Waals surface area contributed by atoms with Gasteiger partial charge >= 0.3 is 11.9 Å². The molecule has 136 valence electrons. The summed E-state index contributed by atoms with van der Waals surface area (Å²) in [5.41, 5.74) is 0. The summed E-state index contributed by atoms with van der Waals surface area (Å²) in [6, 6.07) is -1.41. The number of aliphatic carboxylic acids is 1. The zero-order valence-electron chi connectivity index (χ0n) is 14.2. The van der Waals surface area contributed by atoms with E-state index in [0.29, 0.717) is 6.42 Å². The average Bonchev–Trinajstić information content (AvgIpc) is 2.93. The molecular formula is C16H27N2O5P. The Balaban J connectivity index is 2.07. The van der Waals surface area contributed by atoms with E-state index in [1.807, 2.05) is 0 Å². The highest BCUT2D eigenvalue weighted by Gasteiger charge is 2.48. The molecule has 2 fully saturated rings. The summed E-state index contributed by atoms with van der Waals surface area (Å²) >= 11 is 0. The van der Waals surface area contributed by atoms with Crippen LogP contribution in [-0.4, -0.2) is 58.4 Å². The first-order valence-corrected chi connectivity index (χ1v) is 9.26. The Hall–Kier alpha value is -1.20. The van der Waals surface area contributed by atoms with E-state index in [1.165, 1.54) is 0 Å². The fourth-order valence-corrected chi connectivity index (χ4v) is 4.25. The van der Waals surface area contributed by atoms with Crippen molar-refractivity contribution in [1.29, 1.82) is 0 Å². The first-order valence-electron chi connectivity index (χ1n) is 8.60. The molecule has 0 spiro atoms. The quantitative estimate of drug-likeness (QED) is 0.543. The second-order valence-electron chi connectivity index (χ2n) is 6.57. The van der Waals surface area contributed by atoms with Crippen LogP contribution in [0.25, 0.3) is 0 Å². The lowest BCUT2D eigenvalue weighted by atomic mass is 9.84. The molecule has 2 rings (SSSR count). The fourth-order valence-electron chi connectivity index (χ4n) is 3.86. The molecule has 1 saturated heterocycles.